The quantitative estimate of drug-likeness (QED) is 0.104. The lowest BCUT2D eigenvalue weighted by atomic mass is 9.74. The van der Waals surface area contributed by atoms with Crippen LogP contribution in [0.2, 0.25) is 10.0 Å². The molecule has 15 nitrogen and oxygen atoms in total. The number of nitrogens with zero attached hydrogens (tertiary/aromatic N) is 2. The van der Waals surface area contributed by atoms with E-state index in [1.165, 1.54) is 23.8 Å². The van der Waals surface area contributed by atoms with Gasteiger partial charge in [0.25, 0.3) is 0 Å². The molecule has 2 aliphatic carbocycles. The monoisotopic (exact) mass is 939 g/mol. The summed E-state index contributed by atoms with van der Waals surface area (Å²) in [5.41, 5.74) is -1.10. The van der Waals surface area contributed by atoms with Crippen LogP contribution in [-0.4, -0.2) is 95.3 Å². The van der Waals surface area contributed by atoms with Crippen molar-refractivity contribution < 1.29 is 57.7 Å². The third-order valence-electron chi connectivity index (χ3n) is 11.0. The molecule has 4 atom stereocenters. The topological polar surface area (TPSA) is 203 Å². The number of benzene rings is 2. The first-order chi connectivity index (χ1) is 29.6. The fraction of sp³-hybridized carbons (Fsp3) is 0.556. The standard InChI is InChI=1S/C23H30ClNO6.C15H17Cl2NO3.C7H13NO3/c1-15(2)19(26)13-16(3)21(28)30-14-31-22(29)25(4)23(12-8-7-11-20(23)27)17-9-5-6-10-18(17)24;1-18(14(20)21-10-16)15(9-5-4-8-13(15)19)11-6-2-3-7-12(11)17;1-4(2)6(9)8-5(3)7(10)11/h5-6,9-10,15-16H,7-8,11-14H2,1-4H3;2-3,6-7H,4-5,8-10H2,1H3;4-5H,1-3H3,(H,8,9)(H,10,11)/t16-,23+;15-;5-/m100/s1. The second-order valence-electron chi connectivity index (χ2n) is 16.0. The molecule has 0 spiro atoms. The number of halogens is 3. The molecule has 63 heavy (non-hydrogen) atoms. The van der Waals surface area contributed by atoms with E-state index in [1.54, 1.807) is 84.1 Å². The summed E-state index contributed by atoms with van der Waals surface area (Å²) in [6, 6.07) is 13.0. The van der Waals surface area contributed by atoms with E-state index in [9.17, 15) is 38.4 Å². The number of rotatable bonds is 14. The minimum atomic E-state index is -1.23. The van der Waals surface area contributed by atoms with Gasteiger partial charge < -0.3 is 24.6 Å². The number of esters is 1. The molecule has 0 aromatic heterocycles. The Kier molecular flexibility index (Phi) is 22.1. The van der Waals surface area contributed by atoms with Gasteiger partial charge in [-0.15, -0.1) is 0 Å². The van der Waals surface area contributed by atoms with Crippen molar-refractivity contribution in [2.24, 2.45) is 17.8 Å². The van der Waals surface area contributed by atoms with Crippen molar-refractivity contribution in [1.82, 2.24) is 15.1 Å². The van der Waals surface area contributed by atoms with Crippen LogP contribution in [-0.2, 0) is 54.1 Å². The molecule has 4 rings (SSSR count). The van der Waals surface area contributed by atoms with E-state index < -0.39 is 54.0 Å². The maximum Gasteiger partial charge on any atom is 0.413 e. The van der Waals surface area contributed by atoms with Crippen LogP contribution in [0.1, 0.15) is 110 Å². The second kappa shape index (κ2) is 25.5. The van der Waals surface area contributed by atoms with Crippen molar-refractivity contribution in [2.45, 2.75) is 116 Å². The number of carboxylic acids is 1. The zero-order valence-corrected chi connectivity index (χ0v) is 39.4. The van der Waals surface area contributed by atoms with Gasteiger partial charge in [0, 0.05) is 66.4 Å². The van der Waals surface area contributed by atoms with Crippen LogP contribution in [0.3, 0.4) is 0 Å². The minimum Gasteiger partial charge on any atom is -0.480 e. The van der Waals surface area contributed by atoms with Crippen molar-refractivity contribution in [1.29, 1.82) is 0 Å². The van der Waals surface area contributed by atoms with E-state index in [0.29, 0.717) is 46.9 Å². The van der Waals surface area contributed by atoms with E-state index in [0.717, 1.165) is 25.7 Å². The van der Waals surface area contributed by atoms with Crippen LogP contribution >= 0.6 is 34.8 Å². The third kappa shape index (κ3) is 14.4. The highest BCUT2D eigenvalue weighted by Crippen LogP contribution is 2.44. The van der Waals surface area contributed by atoms with Crippen LogP contribution < -0.4 is 5.32 Å². The van der Waals surface area contributed by atoms with Gasteiger partial charge in [0.2, 0.25) is 12.7 Å². The van der Waals surface area contributed by atoms with Crippen LogP contribution in [0.15, 0.2) is 48.5 Å². The average molecular weight is 941 g/mol. The molecule has 2 fully saturated rings. The second-order valence-corrected chi connectivity index (χ2v) is 17.1. The Morgan fingerprint density at radius 2 is 1.14 bits per heavy atom. The summed E-state index contributed by atoms with van der Waals surface area (Å²) in [5.74, 6) is -3.02. The van der Waals surface area contributed by atoms with Crippen LogP contribution in [0.5, 0.6) is 0 Å². The molecule has 2 aliphatic rings. The number of carbonyl (C=O) groups is 8. The normalized spacial score (nSPS) is 19.2. The molecule has 2 saturated carbocycles. The number of aliphatic carboxylic acids is 1. The number of likely N-dealkylation sites (N-methyl/N-ethyl adjacent to an activating group) is 2. The van der Waals surface area contributed by atoms with E-state index in [-0.39, 0.29) is 47.6 Å². The van der Waals surface area contributed by atoms with Gasteiger partial charge in [-0.05, 0) is 57.6 Å². The number of hydrogen-bond donors (Lipinski definition) is 2. The summed E-state index contributed by atoms with van der Waals surface area (Å²) in [5, 5.41) is 11.6. The number of carboxylic acid groups (broad SMARTS) is 1. The molecule has 2 N–H and O–H groups in total. The van der Waals surface area contributed by atoms with Gasteiger partial charge in [0.1, 0.15) is 22.9 Å². The maximum absolute atomic E-state index is 13.0. The van der Waals surface area contributed by atoms with Gasteiger partial charge in [-0.25, -0.2) is 9.59 Å². The Morgan fingerprint density at radius 1 is 0.698 bits per heavy atom. The van der Waals surface area contributed by atoms with Crippen LogP contribution in [0.4, 0.5) is 9.59 Å². The predicted molar refractivity (Wildman–Crippen MR) is 237 cm³/mol. The number of ketones is 3. The first-order valence-corrected chi connectivity index (χ1v) is 22.0. The lowest BCUT2D eigenvalue weighted by Gasteiger charge is -2.43. The summed E-state index contributed by atoms with van der Waals surface area (Å²) in [4.78, 5) is 98.1. The number of amides is 3. The Bertz CT molecular complexity index is 1940. The van der Waals surface area contributed by atoms with Crippen molar-refractivity contribution in [3.8, 4) is 0 Å². The highest BCUT2D eigenvalue weighted by molar-refractivity contribution is 6.32. The Hall–Kier alpha value is -4.73. The van der Waals surface area contributed by atoms with Crippen LogP contribution in [0.25, 0.3) is 0 Å². The molecule has 0 saturated heterocycles. The number of ether oxygens (including phenoxy) is 3. The number of nitrogens with one attached hydrogen (secondary N) is 1. The van der Waals surface area contributed by atoms with Gasteiger partial charge in [-0.1, -0.05) is 106 Å². The zero-order chi connectivity index (χ0) is 47.7. The molecule has 18 heteroatoms. The number of hydrogen-bond acceptors (Lipinski definition) is 11. The third-order valence-corrected chi connectivity index (χ3v) is 11.8. The molecule has 0 heterocycles. The maximum atomic E-state index is 13.0. The zero-order valence-electron chi connectivity index (χ0n) is 37.2. The molecule has 2 aromatic carbocycles. The van der Waals surface area contributed by atoms with Gasteiger partial charge >= 0.3 is 24.1 Å². The Morgan fingerprint density at radius 3 is 1.52 bits per heavy atom. The van der Waals surface area contributed by atoms with E-state index in [2.05, 4.69) is 5.32 Å². The van der Waals surface area contributed by atoms with Crippen molar-refractivity contribution in [3.63, 3.8) is 0 Å². The highest BCUT2D eigenvalue weighted by Gasteiger charge is 2.50. The summed E-state index contributed by atoms with van der Waals surface area (Å²) < 4.78 is 15.0. The molecule has 0 unspecified atom stereocenters. The first kappa shape index (κ1) is 54.4. The summed E-state index contributed by atoms with van der Waals surface area (Å²) in [7, 11) is 3.04. The van der Waals surface area contributed by atoms with Gasteiger partial charge in [-0.2, -0.15) is 0 Å². The van der Waals surface area contributed by atoms with Crippen molar-refractivity contribution in [2.75, 3.05) is 27.0 Å². The number of carbonyl (C=O) groups excluding carboxylic acids is 7. The van der Waals surface area contributed by atoms with Gasteiger partial charge in [-0.3, -0.25) is 38.6 Å². The largest absolute Gasteiger partial charge is 0.480 e. The molecule has 0 bridgehead atoms. The molecular formula is C45H60Cl3N3O12. The fourth-order valence-corrected chi connectivity index (χ4v) is 7.83. The smallest absolute Gasteiger partial charge is 0.413 e. The molecule has 0 aliphatic heterocycles. The average Bonchev–Trinajstić information content (AvgIpc) is 3.24. The number of Topliss-reactive ketones (excluding diaryl/α,β-unsaturated/α-hetero) is 3. The molecular weight excluding hydrogens is 881 g/mol. The molecule has 3 amide bonds. The Balaban J connectivity index is 0.000000366. The summed E-state index contributed by atoms with van der Waals surface area (Å²) in [6.45, 7) is 9.37. The number of alkyl halides is 1. The minimum absolute atomic E-state index is 0.0177. The van der Waals surface area contributed by atoms with E-state index >= 15 is 0 Å². The SMILES string of the molecule is CC(C)C(=O)C[C@@H](C)C(=O)OCOC(=O)N(C)[C@]1(c2ccccc2Cl)CCCCC1=O.CC(C)C(=O)N[C@@H](C)C(=O)O.CN(C(=O)OCCl)[C@]1(c2ccccc2Cl)CCCCC1=O. The van der Waals surface area contributed by atoms with E-state index in [1.807, 2.05) is 6.07 Å². The fourth-order valence-electron chi connectivity index (χ4n) is 7.15. The van der Waals surface area contributed by atoms with Crippen molar-refractivity contribution in [3.05, 3.63) is 69.7 Å². The summed E-state index contributed by atoms with van der Waals surface area (Å²) >= 11 is 18.1. The predicted octanol–water partition coefficient (Wildman–Crippen LogP) is 8.67. The first-order valence-electron chi connectivity index (χ1n) is 20.8. The van der Waals surface area contributed by atoms with Gasteiger partial charge in [0.15, 0.2) is 17.6 Å². The highest BCUT2D eigenvalue weighted by atomic mass is 35.5. The molecule has 2 aromatic rings. The van der Waals surface area contributed by atoms with E-state index in [4.69, 9.17) is 54.1 Å². The van der Waals surface area contributed by atoms with Crippen molar-refractivity contribution >= 4 is 82.2 Å². The Labute approximate surface area is 384 Å². The lowest BCUT2D eigenvalue weighted by molar-refractivity contribution is -0.159. The molecule has 348 valence electrons. The van der Waals surface area contributed by atoms with Crippen LogP contribution in [0, 0.1) is 17.8 Å². The summed E-state index contributed by atoms with van der Waals surface area (Å²) in [6.07, 6.45) is 3.52. The molecule has 0 radical (unpaired) electrons. The lowest BCUT2D eigenvalue weighted by Crippen LogP contribution is -2.54. The van der Waals surface area contributed by atoms with Gasteiger partial charge in [0.05, 0.1) is 5.92 Å².